The number of amides is 1. The van der Waals surface area contributed by atoms with Crippen molar-refractivity contribution in [2.75, 3.05) is 13.7 Å². The minimum Gasteiger partial charge on any atom is -0.497 e. The van der Waals surface area contributed by atoms with Crippen LogP contribution in [-0.2, 0) is 4.79 Å². The van der Waals surface area contributed by atoms with E-state index in [2.05, 4.69) is 6.07 Å². The van der Waals surface area contributed by atoms with Crippen LogP contribution in [0.4, 0.5) is 4.39 Å². The number of ether oxygens (including phenoxy) is 2. The van der Waals surface area contributed by atoms with Crippen LogP contribution in [-0.4, -0.2) is 24.5 Å². The highest BCUT2D eigenvalue weighted by molar-refractivity contribution is 5.78. The van der Waals surface area contributed by atoms with Crippen molar-refractivity contribution in [2.45, 2.75) is 25.0 Å². The van der Waals surface area contributed by atoms with Crippen LogP contribution >= 0.6 is 0 Å². The zero-order chi connectivity index (χ0) is 22.5. The Morgan fingerprint density at radius 3 is 2.12 bits per heavy atom. The molecule has 0 spiro atoms. The van der Waals surface area contributed by atoms with Gasteiger partial charge in [0, 0.05) is 13.0 Å². The third kappa shape index (κ3) is 4.57. The second-order valence-electron chi connectivity index (χ2n) is 7.63. The molecule has 0 aromatic heterocycles. The topological polar surface area (TPSA) is 62.6 Å². The molecule has 1 amide bonds. The quantitative estimate of drug-likeness (QED) is 0.518. The SMILES string of the molecule is COc1ccc([C@@H](Oc2ccc(C#N)cc2)[C@H](c2ccc(F)cc2)N2CCCC2=O)cc1. The molecule has 162 valence electrons. The molecule has 0 radical (unpaired) electrons. The molecule has 1 aliphatic rings. The molecule has 4 rings (SSSR count). The highest BCUT2D eigenvalue weighted by Gasteiger charge is 2.37. The third-order valence-electron chi connectivity index (χ3n) is 5.63. The summed E-state index contributed by atoms with van der Waals surface area (Å²) in [5.74, 6) is 0.987. The summed E-state index contributed by atoms with van der Waals surface area (Å²) in [6.45, 7) is 0.601. The number of methoxy groups -OCH3 is 1. The first-order chi connectivity index (χ1) is 15.6. The second-order valence-corrected chi connectivity index (χ2v) is 7.63. The van der Waals surface area contributed by atoms with Gasteiger partial charge in [-0.15, -0.1) is 0 Å². The number of nitrogens with zero attached hydrogens (tertiary/aromatic N) is 2. The van der Waals surface area contributed by atoms with Gasteiger partial charge in [0.1, 0.15) is 23.4 Å². The van der Waals surface area contributed by atoms with Crippen molar-refractivity contribution in [2.24, 2.45) is 0 Å². The number of nitriles is 1. The van der Waals surface area contributed by atoms with Crippen molar-refractivity contribution in [3.05, 3.63) is 95.3 Å². The maximum atomic E-state index is 13.7. The van der Waals surface area contributed by atoms with Gasteiger partial charge in [-0.1, -0.05) is 24.3 Å². The Labute approximate surface area is 186 Å². The number of rotatable bonds is 7. The van der Waals surface area contributed by atoms with E-state index in [1.165, 1.54) is 12.1 Å². The lowest BCUT2D eigenvalue weighted by Gasteiger charge is -2.35. The van der Waals surface area contributed by atoms with E-state index in [1.54, 1.807) is 43.5 Å². The summed E-state index contributed by atoms with van der Waals surface area (Å²) in [5.41, 5.74) is 2.17. The maximum Gasteiger partial charge on any atom is 0.223 e. The van der Waals surface area contributed by atoms with Gasteiger partial charge in [-0.2, -0.15) is 5.26 Å². The van der Waals surface area contributed by atoms with Crippen LogP contribution < -0.4 is 9.47 Å². The molecule has 0 N–H and O–H groups in total. The summed E-state index contributed by atoms with van der Waals surface area (Å²) in [7, 11) is 1.60. The fourth-order valence-electron chi connectivity index (χ4n) is 4.00. The van der Waals surface area contributed by atoms with Crippen LogP contribution in [0.25, 0.3) is 0 Å². The first kappa shape index (κ1) is 21.4. The molecule has 0 saturated carbocycles. The number of carbonyl (C=O) groups is 1. The molecule has 1 saturated heterocycles. The molecule has 32 heavy (non-hydrogen) atoms. The number of hydrogen-bond donors (Lipinski definition) is 0. The molecule has 1 heterocycles. The first-order valence-corrected chi connectivity index (χ1v) is 10.4. The predicted molar refractivity (Wildman–Crippen MR) is 118 cm³/mol. The van der Waals surface area contributed by atoms with E-state index in [0.717, 1.165) is 17.5 Å². The Hall–Kier alpha value is -3.85. The lowest BCUT2D eigenvalue weighted by atomic mass is 9.94. The van der Waals surface area contributed by atoms with Crippen molar-refractivity contribution < 1.29 is 18.7 Å². The second kappa shape index (κ2) is 9.52. The van der Waals surface area contributed by atoms with Crippen LogP contribution in [0.5, 0.6) is 11.5 Å². The Bertz CT molecular complexity index is 1110. The van der Waals surface area contributed by atoms with Crippen molar-refractivity contribution >= 4 is 5.91 Å². The summed E-state index contributed by atoms with van der Waals surface area (Å²) in [4.78, 5) is 14.6. The predicted octanol–water partition coefficient (Wildman–Crippen LogP) is 5.19. The van der Waals surface area contributed by atoms with E-state index in [-0.39, 0.29) is 11.7 Å². The molecule has 5 nitrogen and oxygen atoms in total. The lowest BCUT2D eigenvalue weighted by Crippen LogP contribution is -2.36. The number of halogens is 1. The minimum atomic E-state index is -0.554. The van der Waals surface area contributed by atoms with Crippen LogP contribution in [0.3, 0.4) is 0 Å². The fourth-order valence-corrected chi connectivity index (χ4v) is 4.00. The fraction of sp³-hybridized carbons (Fsp3) is 0.231. The standard InChI is InChI=1S/C26H23FN2O3/c1-31-22-14-8-20(9-15-22)26(32-23-12-4-18(17-28)5-13-23)25(29-16-2-3-24(29)30)19-6-10-21(27)11-7-19/h4-15,25-26H,2-3,16H2,1H3/t25-,26+/m0/s1. The lowest BCUT2D eigenvalue weighted by molar-refractivity contribution is -0.131. The van der Waals surface area contributed by atoms with E-state index in [9.17, 15) is 9.18 Å². The van der Waals surface area contributed by atoms with Crippen LogP contribution in [0.2, 0.25) is 0 Å². The normalized spacial score (nSPS) is 15.2. The summed E-state index contributed by atoms with van der Waals surface area (Å²) in [5, 5.41) is 9.09. The van der Waals surface area contributed by atoms with Gasteiger partial charge in [-0.3, -0.25) is 4.79 Å². The summed E-state index contributed by atoms with van der Waals surface area (Å²) in [6.07, 6.45) is 0.688. The summed E-state index contributed by atoms with van der Waals surface area (Å²) >= 11 is 0. The first-order valence-electron chi connectivity index (χ1n) is 10.4. The Morgan fingerprint density at radius 2 is 1.56 bits per heavy atom. The molecule has 1 fully saturated rings. The number of likely N-dealkylation sites (tertiary alicyclic amines) is 1. The maximum absolute atomic E-state index is 13.7. The van der Waals surface area contributed by atoms with E-state index in [4.69, 9.17) is 14.7 Å². The van der Waals surface area contributed by atoms with Crippen LogP contribution in [0.1, 0.15) is 41.7 Å². The minimum absolute atomic E-state index is 0.0428. The number of hydrogen-bond acceptors (Lipinski definition) is 4. The van der Waals surface area contributed by atoms with Crippen molar-refractivity contribution in [1.29, 1.82) is 5.26 Å². The average Bonchev–Trinajstić information content (AvgIpc) is 3.25. The highest BCUT2D eigenvalue weighted by Crippen LogP contribution is 2.40. The van der Waals surface area contributed by atoms with Gasteiger partial charge in [-0.05, 0) is 66.1 Å². The van der Waals surface area contributed by atoms with Crippen LogP contribution in [0.15, 0.2) is 72.8 Å². The van der Waals surface area contributed by atoms with Gasteiger partial charge in [0.2, 0.25) is 5.91 Å². The molecule has 2 atom stereocenters. The van der Waals surface area contributed by atoms with Crippen LogP contribution in [0, 0.1) is 17.1 Å². The Morgan fingerprint density at radius 1 is 0.938 bits per heavy atom. The van der Waals surface area contributed by atoms with Crippen molar-refractivity contribution in [3.8, 4) is 17.6 Å². The molecular formula is C26H23FN2O3. The Balaban J connectivity index is 1.79. The zero-order valence-corrected chi connectivity index (χ0v) is 17.7. The third-order valence-corrected chi connectivity index (χ3v) is 5.63. The molecule has 1 aliphatic heterocycles. The van der Waals surface area contributed by atoms with Gasteiger partial charge >= 0.3 is 0 Å². The van der Waals surface area contributed by atoms with Gasteiger partial charge in [0.25, 0.3) is 0 Å². The highest BCUT2D eigenvalue weighted by atomic mass is 19.1. The smallest absolute Gasteiger partial charge is 0.223 e. The molecule has 0 aliphatic carbocycles. The van der Waals surface area contributed by atoms with E-state index in [0.29, 0.717) is 30.0 Å². The summed E-state index contributed by atoms with van der Waals surface area (Å²) < 4.78 is 25.4. The van der Waals surface area contributed by atoms with E-state index < -0.39 is 12.1 Å². The molecular weight excluding hydrogens is 407 g/mol. The van der Waals surface area contributed by atoms with Gasteiger partial charge in [0.15, 0.2) is 0 Å². The molecule has 3 aromatic rings. The van der Waals surface area contributed by atoms with Crippen molar-refractivity contribution in [3.63, 3.8) is 0 Å². The van der Waals surface area contributed by atoms with E-state index >= 15 is 0 Å². The van der Waals surface area contributed by atoms with Gasteiger partial charge in [0.05, 0.1) is 24.8 Å². The van der Waals surface area contributed by atoms with Gasteiger partial charge in [-0.25, -0.2) is 4.39 Å². The molecule has 6 heteroatoms. The number of carbonyl (C=O) groups excluding carboxylic acids is 1. The van der Waals surface area contributed by atoms with Gasteiger partial charge < -0.3 is 14.4 Å². The molecule has 0 bridgehead atoms. The van der Waals surface area contributed by atoms with Crippen molar-refractivity contribution in [1.82, 2.24) is 4.90 Å². The monoisotopic (exact) mass is 430 g/mol. The molecule has 0 unspecified atom stereocenters. The largest absolute Gasteiger partial charge is 0.497 e. The zero-order valence-electron chi connectivity index (χ0n) is 17.7. The Kier molecular flexibility index (Phi) is 6.37. The average molecular weight is 430 g/mol. The molecule has 3 aromatic carbocycles. The number of benzene rings is 3. The van der Waals surface area contributed by atoms with E-state index in [1.807, 2.05) is 29.2 Å². The summed E-state index contributed by atoms with van der Waals surface area (Å²) in [6, 6.07) is 22.2.